The maximum Gasteiger partial charge on any atom is 0.257 e. The standard InChI is InChI=1S/C18H24N2O3/c1-12(19-2)10-20-18(21)11-22-13-7-8-17-15(9-13)14-5-3-4-6-16(14)23-17/h7-9,12,19H,3-6,10-11H2,1-2H3,(H,20,21). The van der Waals surface area contributed by atoms with Gasteiger partial charge in [-0.2, -0.15) is 0 Å². The van der Waals surface area contributed by atoms with Crippen LogP contribution in [0, 0.1) is 0 Å². The molecule has 1 aliphatic carbocycles. The molecule has 0 radical (unpaired) electrons. The van der Waals surface area contributed by atoms with Crippen LogP contribution in [0.15, 0.2) is 22.6 Å². The van der Waals surface area contributed by atoms with Crippen molar-refractivity contribution in [2.45, 2.75) is 38.6 Å². The SMILES string of the molecule is CNC(C)CNC(=O)COc1ccc2oc3c(c2c1)CCCC3. The van der Waals surface area contributed by atoms with Crippen LogP contribution in [0.1, 0.15) is 31.1 Å². The van der Waals surface area contributed by atoms with Gasteiger partial charge in [-0.15, -0.1) is 0 Å². The topological polar surface area (TPSA) is 63.5 Å². The highest BCUT2D eigenvalue weighted by Gasteiger charge is 2.18. The van der Waals surface area contributed by atoms with Gasteiger partial charge in [0.2, 0.25) is 0 Å². The van der Waals surface area contributed by atoms with Crippen LogP contribution in [0.2, 0.25) is 0 Å². The zero-order chi connectivity index (χ0) is 16.2. The van der Waals surface area contributed by atoms with Gasteiger partial charge < -0.3 is 19.8 Å². The minimum Gasteiger partial charge on any atom is -0.484 e. The summed E-state index contributed by atoms with van der Waals surface area (Å²) in [6.45, 7) is 2.63. The maximum atomic E-state index is 11.8. The first-order valence-electron chi connectivity index (χ1n) is 8.28. The number of rotatable bonds is 6. The molecule has 5 nitrogen and oxygen atoms in total. The van der Waals surface area contributed by atoms with Gasteiger partial charge in [0, 0.05) is 30.0 Å². The molecular formula is C18H24N2O3. The largest absolute Gasteiger partial charge is 0.484 e. The molecule has 0 saturated heterocycles. The third kappa shape index (κ3) is 3.67. The first kappa shape index (κ1) is 15.9. The summed E-state index contributed by atoms with van der Waals surface area (Å²) in [6, 6.07) is 6.03. The van der Waals surface area contributed by atoms with E-state index in [-0.39, 0.29) is 18.6 Å². The summed E-state index contributed by atoms with van der Waals surface area (Å²) >= 11 is 0. The molecule has 1 aliphatic rings. The maximum absolute atomic E-state index is 11.8. The molecule has 0 saturated carbocycles. The molecule has 3 rings (SSSR count). The van der Waals surface area contributed by atoms with Crippen LogP contribution in [0.5, 0.6) is 5.75 Å². The molecule has 0 aliphatic heterocycles. The van der Waals surface area contributed by atoms with Gasteiger partial charge in [0.15, 0.2) is 6.61 Å². The number of aryl methyl sites for hydroxylation is 2. The number of hydrogen-bond acceptors (Lipinski definition) is 4. The Morgan fingerprint density at radius 3 is 3.00 bits per heavy atom. The molecule has 0 spiro atoms. The van der Waals surface area contributed by atoms with Crippen LogP contribution in [0.3, 0.4) is 0 Å². The number of likely N-dealkylation sites (N-methyl/N-ethyl adjacent to an activating group) is 1. The number of hydrogen-bond donors (Lipinski definition) is 2. The molecule has 1 aromatic heterocycles. The second-order valence-corrected chi connectivity index (χ2v) is 6.15. The van der Waals surface area contributed by atoms with Crippen LogP contribution < -0.4 is 15.4 Å². The number of carbonyl (C=O) groups is 1. The fraction of sp³-hybridized carbons (Fsp3) is 0.500. The molecule has 124 valence electrons. The van der Waals surface area contributed by atoms with Gasteiger partial charge in [-0.1, -0.05) is 0 Å². The van der Waals surface area contributed by atoms with Crippen molar-refractivity contribution in [3.63, 3.8) is 0 Å². The Morgan fingerprint density at radius 2 is 2.17 bits per heavy atom. The number of furan rings is 1. The van der Waals surface area contributed by atoms with E-state index in [4.69, 9.17) is 9.15 Å². The van der Waals surface area contributed by atoms with E-state index in [1.54, 1.807) is 0 Å². The van der Waals surface area contributed by atoms with E-state index in [9.17, 15) is 4.79 Å². The Labute approximate surface area is 136 Å². The molecule has 2 N–H and O–H groups in total. The van der Waals surface area contributed by atoms with Crippen molar-refractivity contribution in [2.75, 3.05) is 20.2 Å². The monoisotopic (exact) mass is 316 g/mol. The molecule has 1 atom stereocenters. The minimum atomic E-state index is -0.110. The number of nitrogens with one attached hydrogen (secondary N) is 2. The van der Waals surface area contributed by atoms with Crippen LogP contribution in [0.25, 0.3) is 11.0 Å². The van der Waals surface area contributed by atoms with E-state index in [0.29, 0.717) is 12.3 Å². The summed E-state index contributed by atoms with van der Waals surface area (Å²) in [7, 11) is 1.87. The summed E-state index contributed by atoms with van der Waals surface area (Å²) in [4.78, 5) is 11.8. The molecule has 0 bridgehead atoms. The Hall–Kier alpha value is -2.01. The molecule has 23 heavy (non-hydrogen) atoms. The van der Waals surface area contributed by atoms with Crippen molar-refractivity contribution < 1.29 is 13.9 Å². The zero-order valence-corrected chi connectivity index (χ0v) is 13.8. The highest BCUT2D eigenvalue weighted by Crippen LogP contribution is 2.33. The van der Waals surface area contributed by atoms with E-state index in [1.807, 2.05) is 32.2 Å². The lowest BCUT2D eigenvalue weighted by atomic mass is 9.96. The summed E-state index contributed by atoms with van der Waals surface area (Å²) in [5, 5.41) is 7.04. The van der Waals surface area contributed by atoms with Crippen molar-refractivity contribution in [1.29, 1.82) is 0 Å². The molecule has 1 aromatic carbocycles. The second-order valence-electron chi connectivity index (χ2n) is 6.15. The van der Waals surface area contributed by atoms with E-state index in [0.717, 1.165) is 29.6 Å². The van der Waals surface area contributed by atoms with Crippen molar-refractivity contribution in [1.82, 2.24) is 10.6 Å². The highest BCUT2D eigenvalue weighted by atomic mass is 16.5. The van der Waals surface area contributed by atoms with Gasteiger partial charge in [-0.05, 0) is 51.4 Å². The predicted molar refractivity (Wildman–Crippen MR) is 89.9 cm³/mol. The van der Waals surface area contributed by atoms with Gasteiger partial charge in [-0.25, -0.2) is 0 Å². The molecule has 0 fully saturated rings. The summed E-state index contributed by atoms with van der Waals surface area (Å²) < 4.78 is 11.5. The third-order valence-corrected chi connectivity index (χ3v) is 4.39. The number of ether oxygens (including phenoxy) is 1. The average molecular weight is 316 g/mol. The van der Waals surface area contributed by atoms with Crippen LogP contribution in [-0.2, 0) is 17.6 Å². The third-order valence-electron chi connectivity index (χ3n) is 4.39. The van der Waals surface area contributed by atoms with Crippen molar-refractivity contribution >= 4 is 16.9 Å². The van der Waals surface area contributed by atoms with Gasteiger partial charge in [0.05, 0.1) is 0 Å². The smallest absolute Gasteiger partial charge is 0.257 e. The summed E-state index contributed by atoms with van der Waals surface area (Å²) in [5.74, 6) is 1.71. The molecule has 2 aromatic rings. The normalized spacial score (nSPS) is 15.2. The predicted octanol–water partition coefficient (Wildman–Crippen LogP) is 2.41. The van der Waals surface area contributed by atoms with E-state index < -0.39 is 0 Å². The summed E-state index contributed by atoms with van der Waals surface area (Å²) in [6.07, 6.45) is 4.49. The highest BCUT2D eigenvalue weighted by molar-refractivity contribution is 5.84. The van der Waals surface area contributed by atoms with Gasteiger partial charge >= 0.3 is 0 Å². The Bertz CT molecular complexity index is 693. The number of amides is 1. The van der Waals surface area contributed by atoms with Gasteiger partial charge in [-0.3, -0.25) is 4.79 Å². The number of carbonyl (C=O) groups excluding carboxylic acids is 1. The fourth-order valence-electron chi connectivity index (χ4n) is 2.90. The fourth-order valence-corrected chi connectivity index (χ4v) is 2.90. The number of benzene rings is 1. The van der Waals surface area contributed by atoms with Crippen LogP contribution >= 0.6 is 0 Å². The van der Waals surface area contributed by atoms with E-state index >= 15 is 0 Å². The lowest BCUT2D eigenvalue weighted by Gasteiger charge is -2.12. The Kier molecular flexibility index (Phi) is 4.86. The van der Waals surface area contributed by atoms with Gasteiger partial charge in [0.1, 0.15) is 17.1 Å². The van der Waals surface area contributed by atoms with Crippen LogP contribution in [-0.4, -0.2) is 32.1 Å². The summed E-state index contributed by atoms with van der Waals surface area (Å²) in [5.41, 5.74) is 2.22. The molecule has 1 heterocycles. The lowest BCUT2D eigenvalue weighted by molar-refractivity contribution is -0.123. The first-order chi connectivity index (χ1) is 11.2. The van der Waals surface area contributed by atoms with Crippen molar-refractivity contribution in [3.8, 4) is 5.75 Å². The lowest BCUT2D eigenvalue weighted by Crippen LogP contribution is -2.39. The van der Waals surface area contributed by atoms with Crippen LogP contribution in [0.4, 0.5) is 0 Å². The first-order valence-corrected chi connectivity index (χ1v) is 8.28. The van der Waals surface area contributed by atoms with E-state index in [1.165, 1.54) is 18.4 Å². The van der Waals surface area contributed by atoms with Gasteiger partial charge in [0.25, 0.3) is 5.91 Å². The minimum absolute atomic E-state index is 0.0297. The second kappa shape index (κ2) is 7.04. The van der Waals surface area contributed by atoms with Crippen molar-refractivity contribution in [2.24, 2.45) is 0 Å². The number of fused-ring (bicyclic) bond motifs is 3. The molecule has 1 amide bonds. The molecule has 1 unspecified atom stereocenters. The molecular weight excluding hydrogens is 292 g/mol. The van der Waals surface area contributed by atoms with Crippen molar-refractivity contribution in [3.05, 3.63) is 29.5 Å². The molecule has 5 heteroatoms. The Balaban J connectivity index is 1.63. The average Bonchev–Trinajstić information content (AvgIpc) is 2.95. The Morgan fingerprint density at radius 1 is 1.35 bits per heavy atom. The van der Waals surface area contributed by atoms with E-state index in [2.05, 4.69) is 10.6 Å². The zero-order valence-electron chi connectivity index (χ0n) is 13.8. The quantitative estimate of drug-likeness (QED) is 0.859.